The van der Waals surface area contributed by atoms with Gasteiger partial charge in [0.15, 0.2) is 0 Å². The first kappa shape index (κ1) is 14.6. The van der Waals surface area contributed by atoms with Crippen LogP contribution in [0.2, 0.25) is 0 Å². The lowest BCUT2D eigenvalue weighted by Gasteiger charge is -2.22. The maximum absolute atomic E-state index is 11.2. The zero-order chi connectivity index (χ0) is 14.5. The summed E-state index contributed by atoms with van der Waals surface area (Å²) in [7, 11) is 1.64. The van der Waals surface area contributed by atoms with E-state index in [0.29, 0.717) is 12.4 Å². The Hall–Kier alpha value is -1.81. The molecule has 0 saturated heterocycles. The average Bonchev–Trinajstić information content (AvgIpc) is 2.81. The van der Waals surface area contributed by atoms with Crippen molar-refractivity contribution in [1.82, 2.24) is 0 Å². The Kier molecular flexibility index (Phi) is 4.79. The number of ether oxygens (including phenoxy) is 3. The molecule has 0 radical (unpaired) electrons. The summed E-state index contributed by atoms with van der Waals surface area (Å²) < 4.78 is 16.3. The Labute approximate surface area is 119 Å². The molecule has 2 atom stereocenters. The molecule has 0 fully saturated rings. The largest absolute Gasteiger partial charge is 0.497 e. The molecular formula is C16H20O4. The molecule has 1 aliphatic rings. The summed E-state index contributed by atoms with van der Waals surface area (Å²) in [5.41, 5.74) is 1.06. The molecule has 20 heavy (non-hydrogen) atoms. The second-order valence-corrected chi connectivity index (χ2v) is 4.68. The van der Waals surface area contributed by atoms with Crippen molar-refractivity contribution in [3.05, 3.63) is 41.7 Å². The Balaban J connectivity index is 2.24. The van der Waals surface area contributed by atoms with Gasteiger partial charge < -0.3 is 14.2 Å². The van der Waals surface area contributed by atoms with E-state index in [9.17, 15) is 4.79 Å². The van der Waals surface area contributed by atoms with Crippen LogP contribution >= 0.6 is 0 Å². The quantitative estimate of drug-likeness (QED) is 0.775. The normalized spacial score (nSPS) is 21.4. The molecule has 4 heteroatoms. The molecule has 0 N–H and O–H groups in total. The van der Waals surface area contributed by atoms with Gasteiger partial charge in [0.25, 0.3) is 0 Å². The summed E-state index contributed by atoms with van der Waals surface area (Å²) in [6, 6.07) is 7.78. The third-order valence-electron chi connectivity index (χ3n) is 3.35. The first-order chi connectivity index (χ1) is 9.65. The molecule has 0 saturated carbocycles. The van der Waals surface area contributed by atoms with Crippen LogP contribution in [0.1, 0.15) is 31.7 Å². The summed E-state index contributed by atoms with van der Waals surface area (Å²) in [5.74, 6) is 1.15. The summed E-state index contributed by atoms with van der Waals surface area (Å²) in [5, 5.41) is 0. The summed E-state index contributed by atoms with van der Waals surface area (Å²) in [6.07, 6.45) is 2.71. The molecule has 0 bridgehead atoms. The predicted octanol–water partition coefficient (Wildman–Crippen LogP) is 3.03. The number of hydrogen-bond acceptors (Lipinski definition) is 4. The minimum absolute atomic E-state index is 0.0164. The van der Waals surface area contributed by atoms with Crippen LogP contribution in [0.4, 0.5) is 0 Å². The molecule has 108 valence electrons. The summed E-state index contributed by atoms with van der Waals surface area (Å²) in [4.78, 5) is 11.2. The molecule has 1 aliphatic carbocycles. The number of methoxy groups -OCH3 is 1. The lowest BCUT2D eigenvalue weighted by molar-refractivity contribution is -0.137. The van der Waals surface area contributed by atoms with Crippen LogP contribution in [0.3, 0.4) is 0 Å². The molecule has 0 unspecified atom stereocenters. The predicted molar refractivity (Wildman–Crippen MR) is 75.6 cm³/mol. The number of carbonyl (C=O) groups excluding carboxylic acids is 1. The lowest BCUT2D eigenvalue weighted by Crippen LogP contribution is -2.20. The summed E-state index contributed by atoms with van der Waals surface area (Å²) >= 11 is 0. The Morgan fingerprint density at radius 3 is 2.55 bits per heavy atom. The first-order valence-electron chi connectivity index (χ1n) is 6.79. The highest BCUT2D eigenvalue weighted by atomic mass is 16.5. The highest BCUT2D eigenvalue weighted by molar-refractivity contribution is 5.67. The van der Waals surface area contributed by atoms with Crippen molar-refractivity contribution in [3.8, 4) is 5.75 Å². The van der Waals surface area contributed by atoms with Gasteiger partial charge in [-0.05, 0) is 37.1 Å². The fourth-order valence-corrected chi connectivity index (χ4v) is 2.52. The zero-order valence-electron chi connectivity index (χ0n) is 12.1. The van der Waals surface area contributed by atoms with Crippen molar-refractivity contribution >= 4 is 5.97 Å². The van der Waals surface area contributed by atoms with E-state index in [1.807, 2.05) is 37.3 Å². The second kappa shape index (κ2) is 6.57. The molecule has 4 nitrogen and oxygen atoms in total. The average molecular weight is 276 g/mol. The molecule has 1 aromatic rings. The van der Waals surface area contributed by atoms with E-state index < -0.39 is 0 Å². The monoisotopic (exact) mass is 276 g/mol. The Morgan fingerprint density at radius 1 is 1.30 bits per heavy atom. The van der Waals surface area contributed by atoms with Crippen molar-refractivity contribution in [1.29, 1.82) is 0 Å². The third kappa shape index (κ3) is 3.20. The Morgan fingerprint density at radius 2 is 2.00 bits per heavy atom. The highest BCUT2D eigenvalue weighted by Gasteiger charge is 2.34. The molecule has 0 spiro atoms. The summed E-state index contributed by atoms with van der Waals surface area (Å²) in [6.45, 7) is 4.02. The number of carbonyl (C=O) groups is 1. The van der Waals surface area contributed by atoms with Gasteiger partial charge in [0.05, 0.1) is 19.1 Å². The number of benzene rings is 1. The molecule has 0 heterocycles. The lowest BCUT2D eigenvalue weighted by atomic mass is 9.95. The van der Waals surface area contributed by atoms with Crippen molar-refractivity contribution in [2.75, 3.05) is 13.7 Å². The van der Waals surface area contributed by atoms with E-state index in [1.54, 1.807) is 7.11 Å². The zero-order valence-corrected chi connectivity index (χ0v) is 12.1. The van der Waals surface area contributed by atoms with Gasteiger partial charge >= 0.3 is 5.97 Å². The molecule has 0 aliphatic heterocycles. The van der Waals surface area contributed by atoms with Crippen LogP contribution in [0.15, 0.2) is 36.1 Å². The second-order valence-electron chi connectivity index (χ2n) is 4.68. The molecule has 1 aromatic carbocycles. The fourth-order valence-electron chi connectivity index (χ4n) is 2.52. The number of hydrogen-bond donors (Lipinski definition) is 0. The maximum atomic E-state index is 11.2. The number of rotatable bonds is 5. The van der Waals surface area contributed by atoms with Crippen molar-refractivity contribution in [2.24, 2.45) is 0 Å². The van der Waals surface area contributed by atoms with Gasteiger partial charge in [-0.15, -0.1) is 0 Å². The van der Waals surface area contributed by atoms with Crippen LogP contribution in [0.25, 0.3) is 0 Å². The van der Waals surface area contributed by atoms with Crippen LogP contribution < -0.4 is 4.74 Å². The van der Waals surface area contributed by atoms with E-state index in [-0.39, 0.29) is 18.0 Å². The maximum Gasteiger partial charge on any atom is 0.307 e. The van der Waals surface area contributed by atoms with Crippen molar-refractivity contribution in [3.63, 3.8) is 0 Å². The van der Waals surface area contributed by atoms with Gasteiger partial charge in [0.2, 0.25) is 0 Å². The molecule has 2 rings (SSSR count). The van der Waals surface area contributed by atoms with Gasteiger partial charge in [-0.3, -0.25) is 4.79 Å². The van der Waals surface area contributed by atoms with Gasteiger partial charge in [-0.1, -0.05) is 12.1 Å². The molecule has 0 amide bonds. The Bertz CT molecular complexity index is 490. The van der Waals surface area contributed by atoms with Crippen molar-refractivity contribution < 1.29 is 19.0 Å². The first-order valence-corrected chi connectivity index (χ1v) is 6.79. The van der Waals surface area contributed by atoms with Gasteiger partial charge in [-0.2, -0.15) is 0 Å². The SMILES string of the molecule is CCO[C@@H]1CC=C(OC(C)=O)[C@H]1c1ccc(OC)cc1. The molecule has 0 aromatic heterocycles. The standard InChI is InChI=1S/C16H20O4/c1-4-19-14-9-10-15(20-11(2)17)16(14)12-5-7-13(18-3)8-6-12/h5-8,10,14,16H,4,9H2,1-3H3/t14-,16+/m1/s1. The van der Waals surface area contributed by atoms with Crippen LogP contribution in [-0.2, 0) is 14.3 Å². The van der Waals surface area contributed by atoms with Crippen LogP contribution in [0, 0.1) is 0 Å². The minimum Gasteiger partial charge on any atom is -0.497 e. The van der Waals surface area contributed by atoms with E-state index >= 15 is 0 Å². The van der Waals surface area contributed by atoms with E-state index in [4.69, 9.17) is 14.2 Å². The van der Waals surface area contributed by atoms with E-state index in [1.165, 1.54) is 6.92 Å². The van der Waals surface area contributed by atoms with E-state index in [2.05, 4.69) is 0 Å². The van der Waals surface area contributed by atoms with Gasteiger partial charge in [0.1, 0.15) is 11.5 Å². The number of esters is 1. The topological polar surface area (TPSA) is 44.8 Å². The smallest absolute Gasteiger partial charge is 0.307 e. The van der Waals surface area contributed by atoms with Crippen LogP contribution in [0.5, 0.6) is 5.75 Å². The van der Waals surface area contributed by atoms with Gasteiger partial charge in [0, 0.05) is 13.5 Å². The van der Waals surface area contributed by atoms with Crippen LogP contribution in [-0.4, -0.2) is 25.8 Å². The minimum atomic E-state index is -0.299. The third-order valence-corrected chi connectivity index (χ3v) is 3.35. The molecular weight excluding hydrogens is 256 g/mol. The highest BCUT2D eigenvalue weighted by Crippen LogP contribution is 2.38. The van der Waals surface area contributed by atoms with Crippen molar-refractivity contribution in [2.45, 2.75) is 32.3 Å². The fraction of sp³-hybridized carbons (Fsp3) is 0.438. The van der Waals surface area contributed by atoms with E-state index in [0.717, 1.165) is 17.7 Å². The van der Waals surface area contributed by atoms with Gasteiger partial charge in [-0.25, -0.2) is 0 Å².